The largest absolute Gasteiger partial charge is 0.451 e. The first-order valence-electron chi connectivity index (χ1n) is 8.58. The first-order chi connectivity index (χ1) is 12.7. The predicted octanol–water partition coefficient (Wildman–Crippen LogP) is 4.11. The molecule has 4 nitrogen and oxygen atoms in total. The van der Waals surface area contributed by atoms with Crippen LogP contribution in [0.25, 0.3) is 11.3 Å². The first-order valence-corrected chi connectivity index (χ1v) is 9.52. The second kappa shape index (κ2) is 7.43. The molecule has 3 heterocycles. The van der Waals surface area contributed by atoms with E-state index in [2.05, 4.69) is 21.7 Å². The summed E-state index contributed by atoms with van der Waals surface area (Å²) in [5, 5.41) is 4.24. The van der Waals surface area contributed by atoms with E-state index in [0.717, 1.165) is 19.6 Å². The molecular formula is C20H19FN2O2S. The molecule has 0 unspecified atom stereocenters. The molecule has 0 saturated carbocycles. The number of carbonyl (C=O) groups is 1. The third-order valence-corrected chi connectivity index (χ3v) is 5.33. The van der Waals surface area contributed by atoms with E-state index in [0.29, 0.717) is 24.4 Å². The van der Waals surface area contributed by atoms with Crippen molar-refractivity contribution in [2.45, 2.75) is 6.54 Å². The van der Waals surface area contributed by atoms with Gasteiger partial charge in [0, 0.05) is 32.7 Å². The first kappa shape index (κ1) is 17.0. The number of rotatable bonds is 4. The van der Waals surface area contributed by atoms with Gasteiger partial charge in [-0.25, -0.2) is 4.39 Å². The highest BCUT2D eigenvalue weighted by Crippen LogP contribution is 2.25. The number of halogens is 1. The number of thiophene rings is 1. The summed E-state index contributed by atoms with van der Waals surface area (Å²) in [6.07, 6.45) is 0. The lowest BCUT2D eigenvalue weighted by atomic mass is 10.1. The van der Waals surface area contributed by atoms with Crippen LogP contribution in [0.1, 0.15) is 16.1 Å². The van der Waals surface area contributed by atoms with Gasteiger partial charge in [0.1, 0.15) is 11.6 Å². The average Bonchev–Trinajstić information content (AvgIpc) is 3.34. The molecule has 4 rings (SSSR count). The van der Waals surface area contributed by atoms with Crippen molar-refractivity contribution in [1.82, 2.24) is 9.80 Å². The number of piperazine rings is 1. The van der Waals surface area contributed by atoms with Crippen LogP contribution in [0.5, 0.6) is 0 Å². The molecule has 1 saturated heterocycles. The zero-order valence-electron chi connectivity index (χ0n) is 14.2. The highest BCUT2D eigenvalue weighted by molar-refractivity contribution is 7.07. The molecule has 0 atom stereocenters. The Bertz CT molecular complexity index is 883. The summed E-state index contributed by atoms with van der Waals surface area (Å²) in [4.78, 5) is 16.8. The zero-order chi connectivity index (χ0) is 17.9. The van der Waals surface area contributed by atoms with E-state index in [9.17, 15) is 9.18 Å². The van der Waals surface area contributed by atoms with E-state index >= 15 is 0 Å². The molecule has 0 radical (unpaired) electrons. The van der Waals surface area contributed by atoms with E-state index < -0.39 is 0 Å². The van der Waals surface area contributed by atoms with Crippen LogP contribution in [-0.2, 0) is 6.54 Å². The molecule has 0 spiro atoms. The minimum atomic E-state index is -0.358. The van der Waals surface area contributed by atoms with Crippen LogP contribution >= 0.6 is 11.3 Å². The van der Waals surface area contributed by atoms with Crippen LogP contribution in [0, 0.1) is 5.82 Å². The molecule has 0 N–H and O–H groups in total. The van der Waals surface area contributed by atoms with E-state index in [4.69, 9.17) is 4.42 Å². The molecule has 134 valence electrons. The van der Waals surface area contributed by atoms with Gasteiger partial charge >= 0.3 is 0 Å². The topological polar surface area (TPSA) is 36.7 Å². The van der Waals surface area contributed by atoms with E-state index in [1.54, 1.807) is 46.6 Å². The lowest BCUT2D eigenvalue weighted by molar-refractivity contribution is 0.0599. The second-order valence-corrected chi connectivity index (χ2v) is 7.12. The van der Waals surface area contributed by atoms with Gasteiger partial charge in [-0.15, -0.1) is 0 Å². The Morgan fingerprint density at radius 3 is 2.62 bits per heavy atom. The molecule has 6 heteroatoms. The normalized spacial score (nSPS) is 15.3. The number of nitrogens with zero attached hydrogens (tertiary/aromatic N) is 2. The molecule has 1 amide bonds. The Morgan fingerprint density at radius 2 is 1.88 bits per heavy atom. The quantitative estimate of drug-likeness (QED) is 0.694. The fraction of sp³-hybridized carbons (Fsp3) is 0.250. The molecule has 1 aromatic carbocycles. The summed E-state index contributed by atoms with van der Waals surface area (Å²) in [5.41, 5.74) is 1.68. The number of furan rings is 1. The Labute approximate surface area is 155 Å². The molecule has 1 fully saturated rings. The fourth-order valence-corrected chi connectivity index (χ4v) is 3.82. The SMILES string of the molecule is O=C(c1ccc(-c2ccccc2F)o1)N1CCN(Cc2ccsc2)CC1. The monoisotopic (exact) mass is 370 g/mol. The van der Waals surface area contributed by atoms with Gasteiger partial charge in [-0.1, -0.05) is 12.1 Å². The van der Waals surface area contributed by atoms with Gasteiger partial charge in [0.2, 0.25) is 0 Å². The summed E-state index contributed by atoms with van der Waals surface area (Å²) < 4.78 is 19.5. The van der Waals surface area contributed by atoms with Crippen LogP contribution in [0.3, 0.4) is 0 Å². The maximum absolute atomic E-state index is 13.9. The highest BCUT2D eigenvalue weighted by Gasteiger charge is 2.24. The van der Waals surface area contributed by atoms with Crippen molar-refractivity contribution in [2.24, 2.45) is 0 Å². The van der Waals surface area contributed by atoms with E-state index in [1.807, 2.05) is 0 Å². The van der Waals surface area contributed by atoms with Crippen molar-refractivity contribution >= 4 is 17.2 Å². The summed E-state index contributed by atoms with van der Waals surface area (Å²) in [6.45, 7) is 3.92. The van der Waals surface area contributed by atoms with E-state index in [-0.39, 0.29) is 17.5 Å². The average molecular weight is 370 g/mol. The van der Waals surface area contributed by atoms with Crippen molar-refractivity contribution in [3.63, 3.8) is 0 Å². The van der Waals surface area contributed by atoms with Gasteiger partial charge < -0.3 is 9.32 Å². The molecule has 2 aromatic heterocycles. The van der Waals surface area contributed by atoms with Crippen molar-refractivity contribution in [3.8, 4) is 11.3 Å². The summed E-state index contributed by atoms with van der Waals surface area (Å²) in [7, 11) is 0. The van der Waals surface area contributed by atoms with Crippen LogP contribution in [-0.4, -0.2) is 41.9 Å². The number of hydrogen-bond acceptors (Lipinski definition) is 4. The lowest BCUT2D eigenvalue weighted by Crippen LogP contribution is -2.48. The molecule has 1 aliphatic rings. The minimum absolute atomic E-state index is 0.136. The van der Waals surface area contributed by atoms with Crippen LogP contribution in [0.2, 0.25) is 0 Å². The second-order valence-electron chi connectivity index (χ2n) is 6.34. The Balaban J connectivity index is 1.39. The minimum Gasteiger partial charge on any atom is -0.451 e. The van der Waals surface area contributed by atoms with Gasteiger partial charge in [0.15, 0.2) is 5.76 Å². The molecule has 1 aliphatic heterocycles. The third kappa shape index (κ3) is 3.57. The number of hydrogen-bond donors (Lipinski definition) is 0. The Morgan fingerprint density at radius 1 is 1.08 bits per heavy atom. The van der Waals surface area contributed by atoms with Gasteiger partial charge in [-0.3, -0.25) is 9.69 Å². The number of benzene rings is 1. The van der Waals surface area contributed by atoms with Gasteiger partial charge in [-0.05, 0) is 46.7 Å². The van der Waals surface area contributed by atoms with Crippen molar-refractivity contribution in [2.75, 3.05) is 26.2 Å². The Kier molecular flexibility index (Phi) is 4.86. The molecule has 0 aliphatic carbocycles. The van der Waals surface area contributed by atoms with Gasteiger partial charge in [0.25, 0.3) is 5.91 Å². The maximum atomic E-state index is 13.9. The van der Waals surface area contributed by atoms with Crippen molar-refractivity contribution < 1.29 is 13.6 Å². The summed E-state index contributed by atoms with van der Waals surface area (Å²) in [6, 6.07) is 11.8. The highest BCUT2D eigenvalue weighted by atomic mass is 32.1. The van der Waals surface area contributed by atoms with Crippen LogP contribution < -0.4 is 0 Å². The smallest absolute Gasteiger partial charge is 0.289 e. The fourth-order valence-electron chi connectivity index (χ4n) is 3.16. The maximum Gasteiger partial charge on any atom is 0.289 e. The third-order valence-electron chi connectivity index (χ3n) is 4.60. The summed E-state index contributed by atoms with van der Waals surface area (Å²) >= 11 is 1.70. The number of carbonyl (C=O) groups excluding carboxylic acids is 1. The summed E-state index contributed by atoms with van der Waals surface area (Å²) in [5.74, 6) is 0.141. The van der Waals surface area contributed by atoms with E-state index in [1.165, 1.54) is 11.6 Å². The molecular weight excluding hydrogens is 351 g/mol. The molecule has 0 bridgehead atoms. The predicted molar refractivity (Wildman–Crippen MR) is 99.6 cm³/mol. The van der Waals surface area contributed by atoms with Crippen LogP contribution in [0.4, 0.5) is 4.39 Å². The zero-order valence-corrected chi connectivity index (χ0v) is 15.0. The Hall–Kier alpha value is -2.44. The molecule has 3 aromatic rings. The lowest BCUT2D eigenvalue weighted by Gasteiger charge is -2.34. The molecule has 26 heavy (non-hydrogen) atoms. The van der Waals surface area contributed by atoms with Crippen molar-refractivity contribution in [3.05, 3.63) is 70.4 Å². The van der Waals surface area contributed by atoms with Crippen molar-refractivity contribution in [1.29, 1.82) is 0 Å². The van der Waals surface area contributed by atoms with Gasteiger partial charge in [0.05, 0.1) is 5.56 Å². The number of amides is 1. The standard InChI is InChI=1S/C20H19FN2O2S/c21-17-4-2-1-3-16(17)18-5-6-19(25-18)20(24)23-10-8-22(9-11-23)13-15-7-12-26-14-15/h1-7,12,14H,8-11,13H2. The van der Waals surface area contributed by atoms with Gasteiger partial charge in [-0.2, -0.15) is 11.3 Å². The van der Waals surface area contributed by atoms with Crippen LogP contribution in [0.15, 0.2) is 57.6 Å².